The summed E-state index contributed by atoms with van der Waals surface area (Å²) in [4.78, 5) is 15.5. The van der Waals surface area contributed by atoms with E-state index in [-0.39, 0.29) is 39.2 Å². The van der Waals surface area contributed by atoms with E-state index in [1.54, 1.807) is 0 Å². The smallest absolute Gasteiger partial charge is 0.496 e. The number of nitrogens with zero attached hydrogens (tertiary/aromatic N) is 1. The number of fused-ring (bicyclic) bond motifs is 1. The molecule has 0 spiro atoms. The molecule has 0 unspecified atom stereocenters. The Morgan fingerprint density at radius 3 is 2.44 bits per heavy atom. The van der Waals surface area contributed by atoms with Crippen molar-refractivity contribution < 1.29 is 36.9 Å². The summed E-state index contributed by atoms with van der Waals surface area (Å²) in [6.07, 6.45) is -3.85. The Balaban J connectivity index is 2.19. The Hall–Kier alpha value is -2.68. The quantitative estimate of drug-likeness (QED) is 0.763. The molecule has 1 aliphatic rings. The first-order chi connectivity index (χ1) is 11.8. The third kappa shape index (κ3) is 3.02. The number of carbonyl (C=O) groups excluding carboxylic acids is 1. The SMILES string of the molecule is COC(=O)c1nc(-c2cc3c(cc2OC)OC(F)(F)O3)c(F)cc1Cl. The zero-order valence-electron chi connectivity index (χ0n) is 12.7. The summed E-state index contributed by atoms with van der Waals surface area (Å²) in [5.41, 5.74) is -0.740. The molecule has 0 amide bonds. The van der Waals surface area contributed by atoms with Crippen LogP contribution in [0.15, 0.2) is 18.2 Å². The van der Waals surface area contributed by atoms with Gasteiger partial charge in [0.1, 0.15) is 11.4 Å². The Labute approximate surface area is 144 Å². The van der Waals surface area contributed by atoms with Crippen molar-refractivity contribution in [3.8, 4) is 28.5 Å². The van der Waals surface area contributed by atoms with Gasteiger partial charge in [-0.05, 0) is 12.1 Å². The van der Waals surface area contributed by atoms with E-state index in [1.807, 2.05) is 0 Å². The maximum Gasteiger partial charge on any atom is 0.586 e. The highest BCUT2D eigenvalue weighted by molar-refractivity contribution is 6.33. The van der Waals surface area contributed by atoms with Crippen LogP contribution in [0.5, 0.6) is 17.2 Å². The third-order valence-electron chi connectivity index (χ3n) is 3.29. The number of carbonyl (C=O) groups is 1. The highest BCUT2D eigenvalue weighted by atomic mass is 35.5. The summed E-state index contributed by atoms with van der Waals surface area (Å²) >= 11 is 5.79. The van der Waals surface area contributed by atoms with Crippen molar-refractivity contribution in [3.63, 3.8) is 0 Å². The molecule has 0 radical (unpaired) electrons. The summed E-state index contributed by atoms with van der Waals surface area (Å²) in [7, 11) is 2.35. The van der Waals surface area contributed by atoms with E-state index in [0.29, 0.717) is 0 Å². The minimum Gasteiger partial charge on any atom is -0.496 e. The Morgan fingerprint density at radius 2 is 1.84 bits per heavy atom. The van der Waals surface area contributed by atoms with Gasteiger partial charge < -0.3 is 18.9 Å². The van der Waals surface area contributed by atoms with Crippen LogP contribution in [0, 0.1) is 5.82 Å². The van der Waals surface area contributed by atoms with Gasteiger partial charge in [-0.2, -0.15) is 0 Å². The fourth-order valence-electron chi connectivity index (χ4n) is 2.23. The first-order valence-corrected chi connectivity index (χ1v) is 7.06. The van der Waals surface area contributed by atoms with Gasteiger partial charge >= 0.3 is 12.3 Å². The van der Waals surface area contributed by atoms with Crippen LogP contribution < -0.4 is 14.2 Å². The topological polar surface area (TPSA) is 66.9 Å². The number of hydrogen-bond donors (Lipinski definition) is 0. The normalized spacial score (nSPS) is 14.3. The van der Waals surface area contributed by atoms with Gasteiger partial charge in [0.05, 0.1) is 19.2 Å². The summed E-state index contributed by atoms with van der Waals surface area (Å²) in [5, 5.41) is -0.264. The lowest BCUT2D eigenvalue weighted by molar-refractivity contribution is -0.286. The highest BCUT2D eigenvalue weighted by Gasteiger charge is 2.44. The summed E-state index contributed by atoms with van der Waals surface area (Å²) in [6, 6.07) is 3.02. The molecule has 2 heterocycles. The summed E-state index contributed by atoms with van der Waals surface area (Å²) < 4.78 is 59.0. The summed E-state index contributed by atoms with van der Waals surface area (Å²) in [6.45, 7) is 0. The molecule has 1 aromatic carbocycles. The molecule has 1 aromatic heterocycles. The first-order valence-electron chi connectivity index (χ1n) is 6.68. The van der Waals surface area contributed by atoms with Crippen LogP contribution in [0.25, 0.3) is 11.3 Å². The molecule has 0 bridgehead atoms. The van der Waals surface area contributed by atoms with Gasteiger partial charge in [0.2, 0.25) is 0 Å². The predicted molar refractivity (Wildman–Crippen MR) is 78.7 cm³/mol. The van der Waals surface area contributed by atoms with Crippen LogP contribution in [0.2, 0.25) is 5.02 Å². The highest BCUT2D eigenvalue weighted by Crippen LogP contribution is 2.47. The van der Waals surface area contributed by atoms with Gasteiger partial charge in [-0.15, -0.1) is 8.78 Å². The average Bonchev–Trinajstić information content (AvgIpc) is 2.85. The van der Waals surface area contributed by atoms with Crippen molar-refractivity contribution in [2.24, 2.45) is 0 Å². The number of rotatable bonds is 3. The number of esters is 1. The van der Waals surface area contributed by atoms with Gasteiger partial charge in [0.25, 0.3) is 0 Å². The third-order valence-corrected chi connectivity index (χ3v) is 3.57. The lowest BCUT2D eigenvalue weighted by atomic mass is 10.1. The second-order valence-corrected chi connectivity index (χ2v) is 5.21. The molecule has 0 atom stereocenters. The number of ether oxygens (including phenoxy) is 4. The van der Waals surface area contributed by atoms with Crippen molar-refractivity contribution in [2.75, 3.05) is 14.2 Å². The second kappa shape index (κ2) is 5.99. The van der Waals surface area contributed by atoms with E-state index in [1.165, 1.54) is 7.11 Å². The fraction of sp³-hybridized carbons (Fsp3) is 0.200. The van der Waals surface area contributed by atoms with E-state index in [4.69, 9.17) is 16.3 Å². The zero-order valence-corrected chi connectivity index (χ0v) is 13.5. The second-order valence-electron chi connectivity index (χ2n) is 4.81. The van der Waals surface area contributed by atoms with Crippen molar-refractivity contribution in [1.29, 1.82) is 0 Å². The van der Waals surface area contributed by atoms with Gasteiger partial charge in [-0.3, -0.25) is 0 Å². The molecular formula is C15H9ClF3NO5. The zero-order chi connectivity index (χ0) is 18.4. The number of hydrogen-bond acceptors (Lipinski definition) is 6. The number of halogens is 4. The molecule has 3 rings (SSSR count). The van der Waals surface area contributed by atoms with E-state index >= 15 is 0 Å². The van der Waals surface area contributed by atoms with Gasteiger partial charge in [0, 0.05) is 11.6 Å². The van der Waals surface area contributed by atoms with Crippen LogP contribution in [-0.2, 0) is 4.74 Å². The minimum atomic E-state index is -3.85. The lowest BCUT2D eigenvalue weighted by Gasteiger charge is -2.11. The number of aromatic nitrogens is 1. The summed E-state index contributed by atoms with van der Waals surface area (Å²) in [5.74, 6) is -2.44. The molecule has 132 valence electrons. The Morgan fingerprint density at radius 1 is 1.20 bits per heavy atom. The van der Waals surface area contributed by atoms with Crippen LogP contribution in [0.1, 0.15) is 10.5 Å². The van der Waals surface area contributed by atoms with E-state index < -0.39 is 18.1 Å². The largest absolute Gasteiger partial charge is 0.586 e. The molecular weight excluding hydrogens is 367 g/mol. The maximum absolute atomic E-state index is 14.3. The van der Waals surface area contributed by atoms with Crippen molar-refractivity contribution in [1.82, 2.24) is 4.98 Å². The van der Waals surface area contributed by atoms with Crippen molar-refractivity contribution >= 4 is 17.6 Å². The van der Waals surface area contributed by atoms with E-state index in [0.717, 1.165) is 25.3 Å². The molecule has 0 N–H and O–H groups in total. The van der Waals surface area contributed by atoms with Crippen LogP contribution in [0.3, 0.4) is 0 Å². The van der Waals surface area contributed by atoms with Crippen molar-refractivity contribution in [2.45, 2.75) is 6.29 Å². The molecule has 0 saturated heterocycles. The van der Waals surface area contributed by atoms with Crippen LogP contribution in [-0.4, -0.2) is 31.5 Å². The molecule has 0 fully saturated rings. The van der Waals surface area contributed by atoms with E-state index in [2.05, 4.69) is 19.2 Å². The Bertz CT molecular complexity index is 875. The van der Waals surface area contributed by atoms with Gasteiger partial charge in [-0.25, -0.2) is 14.2 Å². The van der Waals surface area contributed by atoms with Crippen molar-refractivity contribution in [3.05, 3.63) is 34.7 Å². The minimum absolute atomic E-state index is 0.0235. The standard InChI is InChI=1S/C15H9ClF3NO5/c1-22-9-5-11-10(24-15(18,19)25-11)3-6(9)12-8(17)4-7(16)13(20-12)14(21)23-2/h3-5H,1-2H3. The first kappa shape index (κ1) is 17.2. The van der Waals surface area contributed by atoms with Gasteiger partial charge in [-0.1, -0.05) is 11.6 Å². The van der Waals surface area contributed by atoms with Crippen LogP contribution >= 0.6 is 11.6 Å². The number of pyridine rings is 1. The molecule has 25 heavy (non-hydrogen) atoms. The van der Waals surface area contributed by atoms with Gasteiger partial charge in [0.15, 0.2) is 23.0 Å². The molecule has 0 aliphatic carbocycles. The molecule has 10 heteroatoms. The molecule has 6 nitrogen and oxygen atoms in total. The lowest BCUT2D eigenvalue weighted by Crippen LogP contribution is -2.25. The van der Waals surface area contributed by atoms with E-state index in [9.17, 15) is 18.0 Å². The fourth-order valence-corrected chi connectivity index (χ4v) is 2.44. The molecule has 1 aliphatic heterocycles. The number of methoxy groups -OCH3 is 2. The number of benzene rings is 1. The number of alkyl halides is 2. The Kier molecular flexibility index (Phi) is 4.11. The average molecular weight is 376 g/mol. The van der Waals surface area contributed by atoms with Crippen LogP contribution in [0.4, 0.5) is 13.2 Å². The molecule has 2 aromatic rings. The maximum atomic E-state index is 14.3. The predicted octanol–water partition coefficient (Wildman–Crippen LogP) is 3.66. The monoisotopic (exact) mass is 375 g/mol. The molecule has 0 saturated carbocycles.